The minimum atomic E-state index is -4.54. The van der Waals surface area contributed by atoms with E-state index in [4.69, 9.17) is 10.5 Å². The smallest absolute Gasteiger partial charge is 0.403 e. The van der Waals surface area contributed by atoms with E-state index in [1.54, 1.807) is 6.92 Å². The van der Waals surface area contributed by atoms with E-state index in [2.05, 4.69) is 4.98 Å². The van der Waals surface area contributed by atoms with Crippen LogP contribution in [0.2, 0.25) is 0 Å². The van der Waals surface area contributed by atoms with E-state index >= 15 is 0 Å². The van der Waals surface area contributed by atoms with Gasteiger partial charge >= 0.3 is 6.18 Å². The Labute approximate surface area is 162 Å². The monoisotopic (exact) mass is 398 g/mol. The van der Waals surface area contributed by atoms with Crippen LogP contribution in [0.15, 0.2) is 30.3 Å². The zero-order chi connectivity index (χ0) is 21.1. The number of ether oxygens (including phenoxy) is 1. The fourth-order valence-corrected chi connectivity index (χ4v) is 3.59. The largest absolute Gasteiger partial charge is 0.496 e. The standard InChI is InChI=1S/C21H26F4N2O/c1-13-9-15(10-14(2)27-13)7-8-20(3,12-19(26)21(23,24)25)17-11-16(22)5-6-18(17)28-4/h5-6,9-11,19H,7-8,12,26H2,1-4H3. The van der Waals surface area contributed by atoms with Gasteiger partial charge in [-0.05, 0) is 74.4 Å². The Bertz CT molecular complexity index is 802. The predicted octanol–water partition coefficient (Wildman–Crippen LogP) is 5.02. The fourth-order valence-electron chi connectivity index (χ4n) is 3.59. The van der Waals surface area contributed by atoms with Crippen molar-refractivity contribution in [1.29, 1.82) is 0 Å². The van der Waals surface area contributed by atoms with Crippen molar-refractivity contribution in [2.45, 2.75) is 57.7 Å². The van der Waals surface area contributed by atoms with Gasteiger partial charge in [0, 0.05) is 17.0 Å². The minimum Gasteiger partial charge on any atom is -0.496 e. The van der Waals surface area contributed by atoms with Gasteiger partial charge in [-0.2, -0.15) is 13.2 Å². The molecule has 2 N–H and O–H groups in total. The van der Waals surface area contributed by atoms with Crippen LogP contribution in [-0.4, -0.2) is 24.3 Å². The summed E-state index contributed by atoms with van der Waals surface area (Å²) in [5, 5.41) is 0. The van der Waals surface area contributed by atoms with Gasteiger partial charge < -0.3 is 10.5 Å². The number of hydrogen-bond acceptors (Lipinski definition) is 3. The van der Waals surface area contributed by atoms with Crippen molar-refractivity contribution in [1.82, 2.24) is 4.98 Å². The predicted molar refractivity (Wildman–Crippen MR) is 101 cm³/mol. The maximum atomic E-state index is 13.9. The fraction of sp³-hybridized carbons (Fsp3) is 0.476. The molecule has 2 atom stereocenters. The Morgan fingerprint density at radius 3 is 2.25 bits per heavy atom. The highest BCUT2D eigenvalue weighted by atomic mass is 19.4. The molecule has 0 radical (unpaired) electrons. The van der Waals surface area contributed by atoms with E-state index in [0.29, 0.717) is 24.2 Å². The highest BCUT2D eigenvalue weighted by molar-refractivity contribution is 5.40. The van der Waals surface area contributed by atoms with Gasteiger partial charge in [-0.25, -0.2) is 4.39 Å². The molecule has 2 rings (SSSR count). The van der Waals surface area contributed by atoms with Crippen LogP contribution in [0.3, 0.4) is 0 Å². The Kier molecular flexibility index (Phi) is 6.70. The molecule has 1 aromatic carbocycles. The molecule has 0 amide bonds. The molecular weight excluding hydrogens is 372 g/mol. The summed E-state index contributed by atoms with van der Waals surface area (Å²) < 4.78 is 58.8. The van der Waals surface area contributed by atoms with Crippen molar-refractivity contribution < 1.29 is 22.3 Å². The third kappa shape index (κ3) is 5.44. The van der Waals surface area contributed by atoms with Gasteiger partial charge in [0.1, 0.15) is 17.6 Å². The molecule has 2 aromatic rings. The number of benzene rings is 1. The second-order valence-corrected chi connectivity index (χ2v) is 7.52. The van der Waals surface area contributed by atoms with Gasteiger partial charge in [0.25, 0.3) is 0 Å². The first kappa shape index (κ1) is 22.1. The van der Waals surface area contributed by atoms with E-state index in [-0.39, 0.29) is 6.42 Å². The molecular formula is C21H26F4N2O. The molecule has 1 heterocycles. The molecule has 0 saturated heterocycles. The normalized spacial score (nSPS) is 15.2. The first-order chi connectivity index (χ1) is 12.9. The molecule has 2 unspecified atom stereocenters. The second-order valence-electron chi connectivity index (χ2n) is 7.52. The topological polar surface area (TPSA) is 48.1 Å². The number of hydrogen-bond donors (Lipinski definition) is 1. The van der Waals surface area contributed by atoms with Crippen LogP contribution in [0.5, 0.6) is 5.75 Å². The molecule has 0 fully saturated rings. The number of alkyl halides is 3. The summed E-state index contributed by atoms with van der Waals surface area (Å²) in [5.41, 5.74) is 7.45. The molecule has 0 spiro atoms. The molecule has 0 saturated carbocycles. The van der Waals surface area contributed by atoms with Crippen LogP contribution in [-0.2, 0) is 11.8 Å². The zero-order valence-corrected chi connectivity index (χ0v) is 16.5. The van der Waals surface area contributed by atoms with E-state index in [0.717, 1.165) is 17.0 Å². The third-order valence-electron chi connectivity index (χ3n) is 5.01. The lowest BCUT2D eigenvalue weighted by Crippen LogP contribution is -2.43. The van der Waals surface area contributed by atoms with Crippen molar-refractivity contribution in [3.05, 3.63) is 58.7 Å². The first-order valence-electron chi connectivity index (χ1n) is 9.05. The van der Waals surface area contributed by atoms with Crippen molar-refractivity contribution in [3.8, 4) is 5.75 Å². The lowest BCUT2D eigenvalue weighted by atomic mass is 9.72. The molecule has 0 aliphatic carbocycles. The average Bonchev–Trinajstić information content (AvgIpc) is 2.58. The van der Waals surface area contributed by atoms with Crippen LogP contribution < -0.4 is 10.5 Å². The summed E-state index contributed by atoms with van der Waals surface area (Å²) in [6, 6.07) is 5.68. The maximum Gasteiger partial charge on any atom is 0.403 e. The third-order valence-corrected chi connectivity index (χ3v) is 5.01. The Hall–Kier alpha value is -2.15. The van der Waals surface area contributed by atoms with Crippen molar-refractivity contribution in [2.24, 2.45) is 5.73 Å². The lowest BCUT2D eigenvalue weighted by molar-refractivity contribution is -0.152. The van der Waals surface area contributed by atoms with Crippen LogP contribution in [0.4, 0.5) is 17.6 Å². The highest BCUT2D eigenvalue weighted by Gasteiger charge is 2.43. The van der Waals surface area contributed by atoms with Crippen molar-refractivity contribution in [2.75, 3.05) is 7.11 Å². The van der Waals surface area contributed by atoms with E-state index in [9.17, 15) is 17.6 Å². The summed E-state index contributed by atoms with van der Waals surface area (Å²) in [6.07, 6.45) is -4.06. The molecule has 154 valence electrons. The van der Waals surface area contributed by atoms with Gasteiger partial charge in [0.15, 0.2) is 0 Å². The maximum absolute atomic E-state index is 13.9. The first-order valence-corrected chi connectivity index (χ1v) is 9.05. The molecule has 3 nitrogen and oxygen atoms in total. The number of rotatable bonds is 7. The molecule has 0 aliphatic heterocycles. The molecule has 0 bridgehead atoms. The zero-order valence-electron chi connectivity index (χ0n) is 16.5. The van der Waals surface area contributed by atoms with Gasteiger partial charge in [0.2, 0.25) is 0 Å². The summed E-state index contributed by atoms with van der Waals surface area (Å²) in [5.74, 6) is -0.182. The van der Waals surface area contributed by atoms with E-state index < -0.39 is 23.5 Å². The number of nitrogens with zero attached hydrogens (tertiary/aromatic N) is 1. The Balaban J connectivity index is 2.42. The minimum absolute atomic E-state index is 0.347. The van der Waals surface area contributed by atoms with Crippen molar-refractivity contribution in [3.63, 3.8) is 0 Å². The number of nitrogens with two attached hydrogens (primary N) is 1. The van der Waals surface area contributed by atoms with Crippen LogP contribution >= 0.6 is 0 Å². The highest BCUT2D eigenvalue weighted by Crippen LogP contribution is 2.41. The summed E-state index contributed by atoms with van der Waals surface area (Å²) in [6.45, 7) is 5.41. The van der Waals surface area contributed by atoms with Crippen LogP contribution in [0.1, 0.15) is 42.3 Å². The summed E-state index contributed by atoms with van der Waals surface area (Å²) in [4.78, 5) is 4.32. The second kappa shape index (κ2) is 8.47. The SMILES string of the molecule is COc1ccc(F)cc1C(C)(CCc1cc(C)nc(C)c1)CC(N)C(F)(F)F. The quantitative estimate of drug-likeness (QED) is 0.667. The van der Waals surface area contributed by atoms with E-state index in [1.807, 2.05) is 26.0 Å². The van der Waals surface area contributed by atoms with E-state index in [1.165, 1.54) is 25.3 Å². The van der Waals surface area contributed by atoms with Gasteiger partial charge in [-0.15, -0.1) is 0 Å². The number of halogens is 4. The van der Waals surface area contributed by atoms with Crippen molar-refractivity contribution >= 4 is 0 Å². The number of aromatic nitrogens is 1. The van der Waals surface area contributed by atoms with Gasteiger partial charge in [-0.1, -0.05) is 6.92 Å². The molecule has 28 heavy (non-hydrogen) atoms. The Morgan fingerprint density at radius 1 is 1.11 bits per heavy atom. The summed E-state index contributed by atoms with van der Waals surface area (Å²) >= 11 is 0. The lowest BCUT2D eigenvalue weighted by Gasteiger charge is -2.34. The molecule has 1 aromatic heterocycles. The van der Waals surface area contributed by atoms with Crippen LogP contribution in [0.25, 0.3) is 0 Å². The molecule has 0 aliphatic rings. The molecule has 7 heteroatoms. The number of pyridine rings is 1. The van der Waals surface area contributed by atoms with Crippen LogP contribution in [0, 0.1) is 19.7 Å². The number of methoxy groups -OCH3 is 1. The Morgan fingerprint density at radius 2 is 1.71 bits per heavy atom. The number of aryl methyl sites for hydroxylation is 3. The van der Waals surface area contributed by atoms with Gasteiger partial charge in [0.05, 0.1) is 7.11 Å². The van der Waals surface area contributed by atoms with Gasteiger partial charge in [-0.3, -0.25) is 4.98 Å². The summed E-state index contributed by atoms with van der Waals surface area (Å²) in [7, 11) is 1.41. The average molecular weight is 398 g/mol.